The Morgan fingerprint density at radius 2 is 1.95 bits per heavy atom. The summed E-state index contributed by atoms with van der Waals surface area (Å²) >= 11 is 0. The maximum absolute atomic E-state index is 11.7. The average Bonchev–Trinajstić information content (AvgIpc) is 2.77. The number of sulfone groups is 1. The summed E-state index contributed by atoms with van der Waals surface area (Å²) in [4.78, 5) is 11.7. The van der Waals surface area contributed by atoms with Gasteiger partial charge in [0.05, 0.1) is 5.75 Å². The first-order valence-corrected chi connectivity index (χ1v) is 9.24. The Kier molecular flexibility index (Phi) is 3.82. The van der Waals surface area contributed by atoms with E-state index in [9.17, 15) is 13.2 Å². The fourth-order valence-corrected chi connectivity index (χ4v) is 4.74. The molecule has 2 heterocycles. The van der Waals surface area contributed by atoms with Gasteiger partial charge in [0.15, 0.2) is 9.84 Å². The fraction of sp³-hybridized carbons (Fsp3) is 0.438. The van der Waals surface area contributed by atoms with Crippen molar-refractivity contribution in [3.8, 4) is 0 Å². The molecule has 1 fully saturated rings. The van der Waals surface area contributed by atoms with Crippen LogP contribution in [0.5, 0.6) is 0 Å². The molecular formula is C16H20NO4S+. The van der Waals surface area contributed by atoms with Crippen LogP contribution in [0.25, 0.3) is 11.0 Å². The Morgan fingerprint density at radius 1 is 1.23 bits per heavy atom. The van der Waals surface area contributed by atoms with Crippen LogP contribution in [0.2, 0.25) is 0 Å². The molecule has 1 aromatic carbocycles. The van der Waals surface area contributed by atoms with Gasteiger partial charge in [0.25, 0.3) is 0 Å². The molecule has 0 bridgehead atoms. The van der Waals surface area contributed by atoms with E-state index in [1.165, 1.54) is 6.07 Å². The van der Waals surface area contributed by atoms with Crippen molar-refractivity contribution in [1.29, 1.82) is 0 Å². The molecule has 5 nitrogen and oxygen atoms in total. The summed E-state index contributed by atoms with van der Waals surface area (Å²) < 4.78 is 28.3. The molecule has 1 aliphatic heterocycles. The molecule has 0 unspecified atom stereocenters. The second kappa shape index (κ2) is 5.52. The minimum atomic E-state index is -2.87. The van der Waals surface area contributed by atoms with E-state index in [0.29, 0.717) is 18.5 Å². The summed E-state index contributed by atoms with van der Waals surface area (Å²) in [6.45, 7) is 4.60. The molecule has 1 aliphatic rings. The zero-order valence-electron chi connectivity index (χ0n) is 12.8. The van der Waals surface area contributed by atoms with Crippen LogP contribution in [0.15, 0.2) is 27.4 Å². The van der Waals surface area contributed by atoms with E-state index in [1.807, 2.05) is 31.3 Å². The van der Waals surface area contributed by atoms with Gasteiger partial charge in [-0.3, -0.25) is 0 Å². The molecule has 118 valence electrons. The molecule has 2 N–H and O–H groups in total. The molecule has 0 radical (unpaired) electrons. The molecule has 2 aromatic rings. The van der Waals surface area contributed by atoms with E-state index in [4.69, 9.17) is 4.42 Å². The van der Waals surface area contributed by atoms with Gasteiger partial charge in [-0.25, -0.2) is 13.2 Å². The zero-order chi connectivity index (χ0) is 15.9. The van der Waals surface area contributed by atoms with E-state index < -0.39 is 9.84 Å². The Bertz CT molecular complexity index is 883. The Balaban J connectivity index is 1.90. The Morgan fingerprint density at radius 3 is 2.64 bits per heavy atom. The highest BCUT2D eigenvalue weighted by atomic mass is 32.2. The van der Waals surface area contributed by atoms with Crippen molar-refractivity contribution < 1.29 is 18.2 Å². The predicted octanol–water partition coefficient (Wildman–Crippen LogP) is 0.660. The van der Waals surface area contributed by atoms with Crippen LogP contribution in [0.1, 0.15) is 23.1 Å². The largest absolute Gasteiger partial charge is 0.423 e. The molecule has 0 amide bonds. The van der Waals surface area contributed by atoms with Crippen LogP contribution in [0, 0.1) is 13.8 Å². The topological polar surface area (TPSA) is 81.0 Å². The van der Waals surface area contributed by atoms with Crippen LogP contribution in [0.4, 0.5) is 0 Å². The summed E-state index contributed by atoms with van der Waals surface area (Å²) in [5.41, 5.74) is 3.36. The van der Waals surface area contributed by atoms with Crippen molar-refractivity contribution in [2.75, 3.05) is 11.5 Å². The SMILES string of the molecule is Cc1cc2oc(=O)cc(C[NH2+][C@H]3CCS(=O)(=O)C3)c2cc1C. The fourth-order valence-electron chi connectivity index (χ4n) is 2.96. The Labute approximate surface area is 129 Å². The molecule has 0 aliphatic carbocycles. The van der Waals surface area contributed by atoms with Crippen LogP contribution < -0.4 is 10.9 Å². The van der Waals surface area contributed by atoms with E-state index in [1.54, 1.807) is 0 Å². The lowest BCUT2D eigenvalue weighted by atomic mass is 10.0. The maximum atomic E-state index is 11.7. The zero-order valence-corrected chi connectivity index (χ0v) is 13.6. The molecule has 3 rings (SSSR count). The Hall–Kier alpha value is -1.66. The number of rotatable bonds is 3. The standard InChI is InChI=1S/C16H19NO4S/c1-10-5-14-12(7-16(18)21-15(14)6-11(10)2)8-17-13-3-4-22(19,20)9-13/h5-7,13,17H,3-4,8-9H2,1-2H3/p+1/t13-/m0/s1. The first-order valence-electron chi connectivity index (χ1n) is 7.42. The van der Waals surface area contributed by atoms with Crippen LogP contribution in [-0.2, 0) is 16.4 Å². The predicted molar refractivity (Wildman–Crippen MR) is 84.6 cm³/mol. The highest BCUT2D eigenvalue weighted by molar-refractivity contribution is 7.91. The van der Waals surface area contributed by atoms with Crippen molar-refractivity contribution in [3.05, 3.63) is 45.3 Å². The molecule has 1 saturated heterocycles. The first-order chi connectivity index (χ1) is 10.3. The van der Waals surface area contributed by atoms with Gasteiger partial charge in [-0.1, -0.05) is 0 Å². The number of aryl methyl sites for hydroxylation is 2. The highest BCUT2D eigenvalue weighted by Gasteiger charge is 2.30. The lowest BCUT2D eigenvalue weighted by Gasteiger charge is -2.10. The van der Waals surface area contributed by atoms with E-state index in [0.717, 1.165) is 22.1 Å². The normalized spacial score (nSPS) is 20.5. The van der Waals surface area contributed by atoms with Gasteiger partial charge < -0.3 is 9.73 Å². The molecule has 22 heavy (non-hydrogen) atoms. The minimum Gasteiger partial charge on any atom is -0.423 e. The summed E-state index contributed by atoms with van der Waals surface area (Å²) in [5.74, 6) is 0.495. The second-order valence-electron chi connectivity index (χ2n) is 6.13. The van der Waals surface area contributed by atoms with Gasteiger partial charge in [0.1, 0.15) is 23.9 Å². The van der Waals surface area contributed by atoms with Gasteiger partial charge in [-0.15, -0.1) is 0 Å². The molecule has 0 saturated carbocycles. The summed E-state index contributed by atoms with van der Waals surface area (Å²) in [6, 6.07) is 5.51. The third-order valence-corrected chi connectivity index (χ3v) is 6.18. The van der Waals surface area contributed by atoms with Gasteiger partial charge >= 0.3 is 5.63 Å². The quantitative estimate of drug-likeness (QED) is 0.842. The summed E-state index contributed by atoms with van der Waals surface area (Å²) in [7, 11) is -2.87. The number of quaternary nitrogens is 1. The molecule has 1 atom stereocenters. The smallest absolute Gasteiger partial charge is 0.336 e. The minimum absolute atomic E-state index is 0.0823. The lowest BCUT2D eigenvalue weighted by molar-refractivity contribution is -0.699. The number of benzene rings is 1. The van der Waals surface area contributed by atoms with E-state index in [-0.39, 0.29) is 23.2 Å². The summed E-state index contributed by atoms with van der Waals surface area (Å²) in [5, 5.41) is 2.95. The van der Waals surface area contributed by atoms with Crippen molar-refractivity contribution in [2.24, 2.45) is 0 Å². The van der Waals surface area contributed by atoms with Gasteiger partial charge in [0, 0.05) is 23.4 Å². The average molecular weight is 322 g/mol. The number of fused-ring (bicyclic) bond motifs is 1. The third-order valence-electron chi connectivity index (χ3n) is 4.38. The van der Waals surface area contributed by atoms with Gasteiger partial charge in [0.2, 0.25) is 0 Å². The number of hydrogen-bond acceptors (Lipinski definition) is 4. The molecular weight excluding hydrogens is 302 g/mol. The number of hydrogen-bond donors (Lipinski definition) is 1. The van der Waals surface area contributed by atoms with Crippen molar-refractivity contribution in [1.82, 2.24) is 0 Å². The van der Waals surface area contributed by atoms with Crippen molar-refractivity contribution in [3.63, 3.8) is 0 Å². The molecule has 0 spiro atoms. The van der Waals surface area contributed by atoms with Crippen molar-refractivity contribution in [2.45, 2.75) is 32.9 Å². The lowest BCUT2D eigenvalue weighted by Crippen LogP contribution is -2.89. The molecule has 1 aromatic heterocycles. The van der Waals surface area contributed by atoms with Crippen LogP contribution >= 0.6 is 0 Å². The van der Waals surface area contributed by atoms with E-state index in [2.05, 4.69) is 0 Å². The monoisotopic (exact) mass is 322 g/mol. The number of nitrogens with two attached hydrogens (primary N) is 1. The molecule has 6 heteroatoms. The van der Waals surface area contributed by atoms with Crippen LogP contribution in [-0.4, -0.2) is 26.0 Å². The highest BCUT2D eigenvalue weighted by Crippen LogP contribution is 2.21. The third kappa shape index (κ3) is 3.08. The van der Waals surface area contributed by atoms with Crippen LogP contribution in [0.3, 0.4) is 0 Å². The van der Waals surface area contributed by atoms with E-state index >= 15 is 0 Å². The first kappa shape index (κ1) is 15.2. The second-order valence-corrected chi connectivity index (χ2v) is 8.35. The van der Waals surface area contributed by atoms with Gasteiger partial charge in [-0.2, -0.15) is 0 Å². The summed E-state index contributed by atoms with van der Waals surface area (Å²) in [6.07, 6.45) is 0.680. The maximum Gasteiger partial charge on any atom is 0.336 e. The van der Waals surface area contributed by atoms with Gasteiger partial charge in [-0.05, 0) is 37.1 Å². The van der Waals surface area contributed by atoms with Crippen molar-refractivity contribution >= 4 is 20.8 Å².